The minimum absolute atomic E-state index is 0. The summed E-state index contributed by atoms with van der Waals surface area (Å²) in [6.45, 7) is 17.8. The van der Waals surface area contributed by atoms with Gasteiger partial charge in [-0.2, -0.15) is 0 Å². The summed E-state index contributed by atoms with van der Waals surface area (Å²) >= 11 is 1.79. The molecular weight excluding hydrogens is 531 g/mol. The molecule has 0 radical (unpaired) electrons. The number of aryl methyl sites for hydroxylation is 2. The van der Waals surface area contributed by atoms with Crippen LogP contribution in [0.1, 0.15) is 40.6 Å². The normalized spacial score (nSPS) is 15.4. The van der Waals surface area contributed by atoms with E-state index in [1.54, 1.807) is 11.3 Å². The summed E-state index contributed by atoms with van der Waals surface area (Å²) in [5.74, 6) is 0.866. The minimum atomic E-state index is 0. The monoisotopic (exact) mass is 570 g/mol. The van der Waals surface area contributed by atoms with Gasteiger partial charge in [-0.1, -0.05) is 31.2 Å². The fourth-order valence-corrected chi connectivity index (χ4v) is 4.65. The smallest absolute Gasteiger partial charge is 0.191 e. The molecule has 1 aromatic heterocycles. The highest BCUT2D eigenvalue weighted by molar-refractivity contribution is 14.0. The van der Waals surface area contributed by atoms with Crippen LogP contribution < -0.4 is 10.6 Å². The molecule has 1 aliphatic heterocycles. The van der Waals surface area contributed by atoms with Crippen molar-refractivity contribution in [3.05, 3.63) is 51.0 Å². The number of aromatic nitrogens is 1. The lowest BCUT2D eigenvalue weighted by atomic mass is 10.1. The van der Waals surface area contributed by atoms with Gasteiger partial charge in [0.05, 0.1) is 17.2 Å². The van der Waals surface area contributed by atoms with E-state index in [0.29, 0.717) is 6.54 Å². The molecule has 0 saturated carbocycles. The zero-order valence-corrected chi connectivity index (χ0v) is 23.1. The highest BCUT2D eigenvalue weighted by Crippen LogP contribution is 2.16. The van der Waals surface area contributed by atoms with Crippen LogP contribution in [0.2, 0.25) is 0 Å². The second-order valence-electron chi connectivity index (χ2n) is 8.15. The van der Waals surface area contributed by atoms with Crippen molar-refractivity contribution in [1.29, 1.82) is 0 Å². The minimum Gasteiger partial charge on any atom is -0.357 e. The van der Waals surface area contributed by atoms with Gasteiger partial charge in [0.15, 0.2) is 5.96 Å². The Balaban J connectivity index is 0.00000363. The fourth-order valence-electron chi connectivity index (χ4n) is 3.72. The van der Waals surface area contributed by atoms with E-state index in [9.17, 15) is 0 Å². The largest absolute Gasteiger partial charge is 0.357 e. The van der Waals surface area contributed by atoms with E-state index >= 15 is 0 Å². The first-order valence-corrected chi connectivity index (χ1v) is 12.4. The number of halogens is 1. The number of benzene rings is 1. The molecule has 0 bridgehead atoms. The molecule has 0 amide bonds. The van der Waals surface area contributed by atoms with E-state index in [0.717, 1.165) is 57.3 Å². The maximum Gasteiger partial charge on any atom is 0.191 e. The van der Waals surface area contributed by atoms with E-state index in [1.165, 1.54) is 34.1 Å². The summed E-state index contributed by atoms with van der Waals surface area (Å²) in [6, 6.07) is 8.94. The average molecular weight is 571 g/mol. The van der Waals surface area contributed by atoms with Gasteiger partial charge >= 0.3 is 0 Å². The van der Waals surface area contributed by atoms with E-state index in [1.807, 2.05) is 0 Å². The van der Waals surface area contributed by atoms with Gasteiger partial charge in [0.25, 0.3) is 0 Å². The molecular formula is C24H39IN6S. The van der Waals surface area contributed by atoms with Crippen molar-refractivity contribution in [2.45, 2.75) is 47.2 Å². The van der Waals surface area contributed by atoms with Crippen LogP contribution in [-0.4, -0.2) is 66.6 Å². The molecule has 6 nitrogen and oxygen atoms in total. The van der Waals surface area contributed by atoms with Crippen LogP contribution in [-0.2, 0) is 19.5 Å². The van der Waals surface area contributed by atoms with Crippen LogP contribution in [0.25, 0.3) is 0 Å². The van der Waals surface area contributed by atoms with Gasteiger partial charge in [-0.05, 0) is 38.4 Å². The van der Waals surface area contributed by atoms with Gasteiger partial charge in [-0.25, -0.2) is 9.98 Å². The third kappa shape index (κ3) is 8.61. The van der Waals surface area contributed by atoms with Crippen molar-refractivity contribution >= 4 is 41.3 Å². The number of piperazine rings is 1. The first-order valence-electron chi connectivity index (χ1n) is 11.5. The molecule has 0 aliphatic carbocycles. The Bertz CT molecular complexity index is 808. The van der Waals surface area contributed by atoms with E-state index in [4.69, 9.17) is 4.99 Å². The number of aliphatic imine (C=N–C) groups is 1. The van der Waals surface area contributed by atoms with Crippen molar-refractivity contribution < 1.29 is 0 Å². The second-order valence-corrected chi connectivity index (χ2v) is 9.44. The molecule has 8 heteroatoms. The second kappa shape index (κ2) is 14.1. The summed E-state index contributed by atoms with van der Waals surface area (Å²) in [7, 11) is 0. The zero-order chi connectivity index (χ0) is 22.1. The molecule has 32 heavy (non-hydrogen) atoms. The van der Waals surface area contributed by atoms with E-state index in [2.05, 4.69) is 77.4 Å². The van der Waals surface area contributed by atoms with Gasteiger partial charge in [0, 0.05) is 57.1 Å². The van der Waals surface area contributed by atoms with E-state index in [-0.39, 0.29) is 24.0 Å². The van der Waals surface area contributed by atoms with Gasteiger partial charge in [-0.15, -0.1) is 35.3 Å². The SMILES string of the molecule is CCNC(=NCc1ccc(CN2CCN(CC)CC2)cc1)NCCc1nc(C)c(C)s1.I. The maximum atomic E-state index is 4.76. The predicted octanol–water partition coefficient (Wildman–Crippen LogP) is 3.81. The molecule has 0 atom stereocenters. The highest BCUT2D eigenvalue weighted by atomic mass is 127. The molecule has 0 spiro atoms. The van der Waals surface area contributed by atoms with Crippen molar-refractivity contribution in [2.24, 2.45) is 4.99 Å². The number of nitrogens with one attached hydrogen (secondary N) is 2. The number of hydrogen-bond donors (Lipinski definition) is 2. The van der Waals surface area contributed by atoms with Crippen LogP contribution >= 0.6 is 35.3 Å². The lowest BCUT2D eigenvalue weighted by Gasteiger charge is -2.34. The summed E-state index contributed by atoms with van der Waals surface area (Å²) in [5.41, 5.74) is 3.77. The molecule has 1 aromatic carbocycles. The van der Waals surface area contributed by atoms with Gasteiger partial charge in [0.1, 0.15) is 0 Å². The van der Waals surface area contributed by atoms with Crippen LogP contribution in [0.15, 0.2) is 29.3 Å². The Morgan fingerprint density at radius 1 is 1.00 bits per heavy atom. The van der Waals surface area contributed by atoms with Crippen LogP contribution in [0.5, 0.6) is 0 Å². The zero-order valence-electron chi connectivity index (χ0n) is 20.0. The van der Waals surface area contributed by atoms with Crippen LogP contribution in [0.4, 0.5) is 0 Å². The number of rotatable bonds is 9. The molecule has 3 rings (SSSR count). The van der Waals surface area contributed by atoms with E-state index < -0.39 is 0 Å². The Morgan fingerprint density at radius 3 is 2.25 bits per heavy atom. The first kappa shape index (κ1) is 27.0. The Kier molecular flexibility index (Phi) is 11.9. The molecule has 1 saturated heterocycles. The van der Waals surface area contributed by atoms with Crippen LogP contribution in [0.3, 0.4) is 0 Å². The van der Waals surface area contributed by atoms with Gasteiger partial charge in [0.2, 0.25) is 0 Å². The predicted molar refractivity (Wildman–Crippen MR) is 147 cm³/mol. The maximum absolute atomic E-state index is 4.76. The lowest BCUT2D eigenvalue weighted by Crippen LogP contribution is -2.45. The van der Waals surface area contributed by atoms with Crippen molar-refractivity contribution in [3.8, 4) is 0 Å². The Hall–Kier alpha value is -1.23. The number of guanidine groups is 1. The van der Waals surface area contributed by atoms with Gasteiger partial charge in [-0.3, -0.25) is 4.90 Å². The third-order valence-electron chi connectivity index (χ3n) is 5.81. The number of nitrogens with zero attached hydrogens (tertiary/aromatic N) is 4. The average Bonchev–Trinajstić information content (AvgIpc) is 3.10. The molecule has 2 aromatic rings. The van der Waals surface area contributed by atoms with Crippen molar-refractivity contribution in [1.82, 2.24) is 25.4 Å². The highest BCUT2D eigenvalue weighted by Gasteiger charge is 2.15. The summed E-state index contributed by atoms with van der Waals surface area (Å²) in [4.78, 5) is 15.8. The molecule has 1 fully saturated rings. The standard InChI is InChI=1S/C24H38N6S.HI/c1-5-25-24(26-12-11-23-28-19(3)20(4)31-23)27-17-21-7-9-22(10-8-21)18-30-15-13-29(6-2)14-16-30;/h7-10H,5-6,11-18H2,1-4H3,(H2,25,26,27);1H. The molecule has 0 unspecified atom stereocenters. The molecule has 1 aliphatic rings. The first-order chi connectivity index (χ1) is 15.1. The lowest BCUT2D eigenvalue weighted by molar-refractivity contribution is 0.132. The van der Waals surface area contributed by atoms with Crippen molar-refractivity contribution in [3.63, 3.8) is 0 Å². The third-order valence-corrected chi connectivity index (χ3v) is 6.94. The van der Waals surface area contributed by atoms with Crippen LogP contribution in [0, 0.1) is 13.8 Å². The number of likely N-dealkylation sites (N-methyl/N-ethyl adjacent to an activating group) is 1. The quantitative estimate of drug-likeness (QED) is 0.273. The molecule has 2 N–H and O–H groups in total. The summed E-state index contributed by atoms with van der Waals surface area (Å²) in [5, 5.41) is 7.96. The summed E-state index contributed by atoms with van der Waals surface area (Å²) in [6.07, 6.45) is 0.922. The topological polar surface area (TPSA) is 55.8 Å². The Labute approximate surface area is 214 Å². The number of hydrogen-bond acceptors (Lipinski definition) is 5. The summed E-state index contributed by atoms with van der Waals surface area (Å²) < 4.78 is 0. The Morgan fingerprint density at radius 2 is 1.66 bits per heavy atom. The van der Waals surface area contributed by atoms with Gasteiger partial charge < -0.3 is 15.5 Å². The number of thiazole rings is 1. The van der Waals surface area contributed by atoms with Crippen molar-refractivity contribution in [2.75, 3.05) is 45.8 Å². The molecule has 178 valence electrons. The molecule has 2 heterocycles. The fraction of sp³-hybridized carbons (Fsp3) is 0.583.